The first-order valence-corrected chi connectivity index (χ1v) is 8.94. The van der Waals surface area contributed by atoms with Crippen molar-refractivity contribution in [2.75, 3.05) is 12.0 Å². The van der Waals surface area contributed by atoms with E-state index in [9.17, 15) is 19.3 Å². The maximum atomic E-state index is 13.5. The predicted octanol–water partition coefficient (Wildman–Crippen LogP) is 5.05. The van der Waals surface area contributed by atoms with E-state index in [1.165, 1.54) is 49.5 Å². The molecular formula is C19H18ClFN4O4. The molecule has 0 fully saturated rings. The number of hydrogen-bond donors (Lipinski definition) is 0. The second-order valence-corrected chi connectivity index (χ2v) is 5.86. The van der Waals surface area contributed by atoms with Crippen LogP contribution in [0.15, 0.2) is 36.7 Å². The van der Waals surface area contributed by atoms with Gasteiger partial charge < -0.3 is 4.74 Å². The van der Waals surface area contributed by atoms with Gasteiger partial charge >= 0.3 is 5.69 Å². The third-order valence-corrected chi connectivity index (χ3v) is 4.09. The van der Waals surface area contributed by atoms with Gasteiger partial charge in [-0.1, -0.05) is 25.4 Å². The molecule has 0 aliphatic heterocycles. The van der Waals surface area contributed by atoms with Gasteiger partial charge in [-0.2, -0.15) is 0 Å². The fourth-order valence-electron chi connectivity index (χ4n) is 2.62. The van der Waals surface area contributed by atoms with Gasteiger partial charge in [0.25, 0.3) is 0 Å². The fraction of sp³-hybridized carbons (Fsp3) is 0.211. The van der Waals surface area contributed by atoms with Crippen molar-refractivity contribution in [3.05, 3.63) is 57.6 Å². The number of halogens is 2. The number of rotatable bonds is 4. The summed E-state index contributed by atoms with van der Waals surface area (Å²) in [4.78, 5) is 32.4. The summed E-state index contributed by atoms with van der Waals surface area (Å²) in [7, 11) is 1.30. The van der Waals surface area contributed by atoms with Gasteiger partial charge in [-0.15, -0.1) is 0 Å². The van der Waals surface area contributed by atoms with E-state index in [2.05, 4.69) is 9.97 Å². The van der Waals surface area contributed by atoms with Crippen molar-refractivity contribution < 1.29 is 18.8 Å². The Kier molecular flexibility index (Phi) is 7.00. The highest BCUT2D eigenvalue weighted by atomic mass is 35.5. The minimum absolute atomic E-state index is 0.0244. The van der Waals surface area contributed by atoms with Crippen LogP contribution in [0, 0.1) is 15.9 Å². The number of anilines is 2. The monoisotopic (exact) mass is 420 g/mol. The number of hydrogen-bond acceptors (Lipinski definition) is 6. The summed E-state index contributed by atoms with van der Waals surface area (Å²) in [6, 6.07) is 6.35. The molecule has 0 N–H and O–H groups in total. The number of nitrogens with zero attached hydrogens (tertiary/aromatic N) is 4. The van der Waals surface area contributed by atoms with Crippen LogP contribution in [0.2, 0.25) is 5.02 Å². The van der Waals surface area contributed by atoms with Crippen molar-refractivity contribution in [2.45, 2.75) is 20.8 Å². The summed E-state index contributed by atoms with van der Waals surface area (Å²) in [5.41, 5.74) is 0.288. The Morgan fingerprint density at radius 3 is 2.48 bits per heavy atom. The minimum Gasteiger partial charge on any atom is -0.490 e. The second-order valence-electron chi connectivity index (χ2n) is 5.45. The Bertz CT molecular complexity index is 1080. The number of amides is 1. The van der Waals surface area contributed by atoms with Gasteiger partial charge in [0.05, 0.1) is 33.6 Å². The molecule has 0 atom stereocenters. The van der Waals surface area contributed by atoms with Crippen LogP contribution in [0.3, 0.4) is 0 Å². The van der Waals surface area contributed by atoms with E-state index >= 15 is 0 Å². The molecule has 1 amide bonds. The average molecular weight is 421 g/mol. The number of nitro groups is 1. The van der Waals surface area contributed by atoms with Crippen LogP contribution in [0.25, 0.3) is 10.9 Å². The van der Waals surface area contributed by atoms with E-state index in [4.69, 9.17) is 16.3 Å². The summed E-state index contributed by atoms with van der Waals surface area (Å²) >= 11 is 5.82. The number of nitro benzene ring substituents is 1. The van der Waals surface area contributed by atoms with Crippen molar-refractivity contribution in [1.29, 1.82) is 0 Å². The van der Waals surface area contributed by atoms with Gasteiger partial charge in [0.15, 0.2) is 11.6 Å². The van der Waals surface area contributed by atoms with Crippen LogP contribution in [0.5, 0.6) is 5.75 Å². The highest BCUT2D eigenvalue weighted by Crippen LogP contribution is 2.37. The zero-order valence-electron chi connectivity index (χ0n) is 16.1. The number of carbonyl (C=O) groups excluding carboxylic acids is 1. The second kappa shape index (κ2) is 9.24. The van der Waals surface area contributed by atoms with Gasteiger partial charge in [-0.3, -0.25) is 19.8 Å². The maximum Gasteiger partial charge on any atom is 0.311 e. The van der Waals surface area contributed by atoms with Crippen LogP contribution in [-0.4, -0.2) is 27.9 Å². The fourth-order valence-corrected chi connectivity index (χ4v) is 2.80. The van der Waals surface area contributed by atoms with E-state index in [1.54, 1.807) is 0 Å². The summed E-state index contributed by atoms with van der Waals surface area (Å²) < 4.78 is 18.5. The molecule has 0 radical (unpaired) electrons. The van der Waals surface area contributed by atoms with Gasteiger partial charge in [0.1, 0.15) is 12.1 Å². The lowest BCUT2D eigenvalue weighted by atomic mass is 10.1. The van der Waals surface area contributed by atoms with Crippen molar-refractivity contribution in [1.82, 2.24) is 9.97 Å². The van der Waals surface area contributed by atoms with Crippen molar-refractivity contribution in [3.8, 4) is 5.75 Å². The molecule has 0 bridgehead atoms. The molecule has 8 nitrogen and oxygen atoms in total. The molecule has 0 saturated heterocycles. The van der Waals surface area contributed by atoms with E-state index in [1.807, 2.05) is 13.8 Å². The zero-order chi connectivity index (χ0) is 21.7. The zero-order valence-corrected chi connectivity index (χ0v) is 16.9. The van der Waals surface area contributed by atoms with Crippen LogP contribution in [-0.2, 0) is 4.79 Å². The van der Waals surface area contributed by atoms with Gasteiger partial charge in [-0.05, 0) is 18.2 Å². The molecule has 29 heavy (non-hydrogen) atoms. The Morgan fingerprint density at radius 2 is 1.93 bits per heavy atom. The lowest BCUT2D eigenvalue weighted by Crippen LogP contribution is -2.24. The highest BCUT2D eigenvalue weighted by molar-refractivity contribution is 6.31. The number of aromatic nitrogens is 2. The molecule has 0 aliphatic carbocycles. The summed E-state index contributed by atoms with van der Waals surface area (Å²) in [5, 5.41) is 11.4. The normalized spacial score (nSPS) is 10.1. The molecule has 3 rings (SSSR count). The van der Waals surface area contributed by atoms with Crippen molar-refractivity contribution in [3.63, 3.8) is 0 Å². The molecule has 1 heterocycles. The maximum absolute atomic E-state index is 13.5. The Labute approximate surface area is 171 Å². The molecule has 10 heteroatoms. The summed E-state index contributed by atoms with van der Waals surface area (Å²) in [5.74, 6) is -0.967. The first-order valence-electron chi connectivity index (χ1n) is 8.56. The third kappa shape index (κ3) is 4.40. The number of ether oxygens (including phenoxy) is 1. The molecule has 0 saturated carbocycles. The predicted molar refractivity (Wildman–Crippen MR) is 108 cm³/mol. The van der Waals surface area contributed by atoms with Crippen molar-refractivity contribution >= 4 is 45.6 Å². The SMILES string of the molecule is CC.COc1cc2ncnc(N(C(C)=O)c3ccc(F)c(Cl)c3)c2cc1[N+](=O)[O-]. The Balaban J connectivity index is 0.00000145. The first kappa shape index (κ1) is 22.0. The molecule has 3 aromatic rings. The smallest absolute Gasteiger partial charge is 0.311 e. The number of fused-ring (bicyclic) bond motifs is 1. The van der Waals surface area contributed by atoms with E-state index in [0.29, 0.717) is 5.52 Å². The lowest BCUT2D eigenvalue weighted by molar-refractivity contribution is -0.385. The standard InChI is InChI=1S/C17H12ClFN4O4.C2H6/c1-9(24)22(10-3-4-13(19)12(18)5-10)17-11-6-15(23(25)26)16(27-2)7-14(11)20-8-21-17;1-2/h3-8H,1-2H3;1-2H3. The van der Waals surface area contributed by atoms with Crippen LogP contribution in [0.1, 0.15) is 20.8 Å². The largest absolute Gasteiger partial charge is 0.490 e. The molecule has 1 aromatic heterocycles. The van der Waals surface area contributed by atoms with Crippen LogP contribution < -0.4 is 9.64 Å². The average Bonchev–Trinajstić information content (AvgIpc) is 2.71. The number of benzene rings is 2. The molecule has 0 unspecified atom stereocenters. The number of methoxy groups -OCH3 is 1. The van der Waals surface area contributed by atoms with Gasteiger partial charge in [-0.25, -0.2) is 14.4 Å². The Morgan fingerprint density at radius 1 is 1.24 bits per heavy atom. The summed E-state index contributed by atoms with van der Waals surface area (Å²) in [6.07, 6.45) is 1.21. The van der Waals surface area contributed by atoms with Gasteiger partial charge in [0.2, 0.25) is 5.91 Å². The third-order valence-electron chi connectivity index (χ3n) is 3.80. The van der Waals surface area contributed by atoms with E-state index in [-0.39, 0.29) is 33.4 Å². The molecule has 0 spiro atoms. The quantitative estimate of drug-likeness (QED) is 0.432. The molecule has 0 aliphatic rings. The van der Waals surface area contributed by atoms with Crippen molar-refractivity contribution in [2.24, 2.45) is 0 Å². The molecular weight excluding hydrogens is 403 g/mol. The first-order chi connectivity index (χ1) is 13.8. The highest BCUT2D eigenvalue weighted by Gasteiger charge is 2.24. The van der Waals surface area contributed by atoms with E-state index in [0.717, 1.165) is 6.07 Å². The molecule has 152 valence electrons. The molecule has 2 aromatic carbocycles. The van der Waals surface area contributed by atoms with Crippen LogP contribution in [0.4, 0.5) is 21.6 Å². The van der Waals surface area contributed by atoms with Crippen LogP contribution >= 0.6 is 11.6 Å². The number of carbonyl (C=O) groups is 1. The topological polar surface area (TPSA) is 98.5 Å². The minimum atomic E-state index is -0.642. The lowest BCUT2D eigenvalue weighted by Gasteiger charge is -2.21. The Hall–Kier alpha value is -3.33. The van der Waals surface area contributed by atoms with E-state index < -0.39 is 16.6 Å². The van der Waals surface area contributed by atoms with Gasteiger partial charge in [0, 0.05) is 19.1 Å². The summed E-state index contributed by atoms with van der Waals surface area (Å²) in [6.45, 7) is 5.28.